The number of benzene rings is 1. The van der Waals surface area contributed by atoms with Crippen molar-refractivity contribution >= 4 is 35.7 Å². The number of unbranched alkanes of at least 4 members (excludes halogenated alkanes) is 1. The molecule has 0 aromatic heterocycles. The topological polar surface area (TPSA) is 135 Å². The molecule has 1 aliphatic rings. The lowest BCUT2D eigenvalue weighted by Gasteiger charge is -2.13. The molecule has 1 aromatic rings. The second-order valence-electron chi connectivity index (χ2n) is 8.80. The summed E-state index contributed by atoms with van der Waals surface area (Å²) < 4.78 is 23.6. The Hall–Kier alpha value is -4.31. The Bertz CT molecular complexity index is 1040. The minimum atomic E-state index is -1.01. The van der Waals surface area contributed by atoms with Crippen LogP contribution in [0.3, 0.4) is 0 Å². The summed E-state index contributed by atoms with van der Waals surface area (Å²) in [6.07, 6.45) is 3.79. The molecule has 2 atom stereocenters. The normalized spacial score (nSPS) is 12.7. The first-order chi connectivity index (χ1) is 19.8. The van der Waals surface area contributed by atoms with Gasteiger partial charge in [0.2, 0.25) is 6.29 Å². The Morgan fingerprint density at radius 2 is 1.52 bits per heavy atom. The van der Waals surface area contributed by atoms with E-state index in [9.17, 15) is 24.0 Å². The first-order valence-electron chi connectivity index (χ1n) is 13.2. The predicted octanol–water partition coefficient (Wildman–Crippen LogP) is 5.32. The van der Waals surface area contributed by atoms with Gasteiger partial charge >= 0.3 is 23.9 Å². The predicted molar refractivity (Wildman–Crippen MR) is 160 cm³/mol. The van der Waals surface area contributed by atoms with Crippen LogP contribution in [-0.2, 0) is 47.7 Å². The summed E-state index contributed by atoms with van der Waals surface area (Å²) in [5, 5.41) is 0. The van der Waals surface area contributed by atoms with Crippen LogP contribution in [0.5, 0.6) is 0 Å². The lowest BCUT2D eigenvalue weighted by molar-refractivity contribution is -0.181. The van der Waals surface area contributed by atoms with Gasteiger partial charge in [-0.15, -0.1) is 0 Å². The lowest BCUT2D eigenvalue weighted by Crippen LogP contribution is -2.22. The van der Waals surface area contributed by atoms with Gasteiger partial charge in [-0.05, 0) is 32.8 Å². The SMILES string of the molecule is C=C(C)C(=O)OC(C)OC(=O)CC(C)=O.C=C(C)C(=O)OCC1CO1.C=CC(=O)OCCCC.C=Cc1ccccc1. The van der Waals surface area contributed by atoms with Gasteiger partial charge in [0.25, 0.3) is 0 Å². The van der Waals surface area contributed by atoms with Gasteiger partial charge in [0, 0.05) is 24.1 Å². The molecule has 2 unspecified atom stereocenters. The molecular weight excluding hydrogens is 544 g/mol. The van der Waals surface area contributed by atoms with Crippen molar-refractivity contribution in [3.05, 3.63) is 79.4 Å². The molecule has 1 aliphatic heterocycles. The van der Waals surface area contributed by atoms with Crippen molar-refractivity contribution in [2.24, 2.45) is 0 Å². The Morgan fingerprint density at radius 3 is 1.93 bits per heavy atom. The molecule has 1 fully saturated rings. The van der Waals surface area contributed by atoms with E-state index < -0.39 is 18.2 Å². The molecular formula is C32H44O10. The smallest absolute Gasteiger partial charge is 0.336 e. The average molecular weight is 589 g/mol. The molecule has 0 spiro atoms. The third kappa shape index (κ3) is 25.9. The fourth-order valence-electron chi connectivity index (χ4n) is 2.13. The molecule has 232 valence electrons. The van der Waals surface area contributed by atoms with Gasteiger partial charge in [0.1, 0.15) is 24.9 Å². The van der Waals surface area contributed by atoms with Crippen LogP contribution in [0.25, 0.3) is 6.08 Å². The number of esters is 4. The molecule has 10 nitrogen and oxygen atoms in total. The van der Waals surface area contributed by atoms with Gasteiger partial charge in [-0.2, -0.15) is 0 Å². The van der Waals surface area contributed by atoms with Crippen molar-refractivity contribution in [2.45, 2.75) is 66.3 Å². The highest BCUT2D eigenvalue weighted by Gasteiger charge is 2.24. The second kappa shape index (κ2) is 24.5. The highest BCUT2D eigenvalue weighted by molar-refractivity contribution is 5.94. The molecule has 1 heterocycles. The van der Waals surface area contributed by atoms with E-state index in [2.05, 4.69) is 40.5 Å². The van der Waals surface area contributed by atoms with Crippen molar-refractivity contribution in [2.75, 3.05) is 19.8 Å². The number of carbonyl (C=O) groups is 5. The van der Waals surface area contributed by atoms with Gasteiger partial charge in [0.15, 0.2) is 0 Å². The molecule has 0 amide bonds. The van der Waals surface area contributed by atoms with E-state index in [0.29, 0.717) is 25.4 Å². The van der Waals surface area contributed by atoms with E-state index in [1.54, 1.807) is 6.92 Å². The molecule has 0 aliphatic carbocycles. The number of hydrogen-bond acceptors (Lipinski definition) is 10. The van der Waals surface area contributed by atoms with Gasteiger partial charge < -0.3 is 23.7 Å². The van der Waals surface area contributed by atoms with E-state index in [4.69, 9.17) is 9.47 Å². The highest BCUT2D eigenvalue weighted by Crippen LogP contribution is 2.09. The molecule has 0 N–H and O–H groups in total. The third-order valence-electron chi connectivity index (χ3n) is 4.41. The number of carbonyl (C=O) groups excluding carboxylic acids is 5. The number of hydrogen-bond donors (Lipinski definition) is 0. The van der Waals surface area contributed by atoms with Crippen LogP contribution >= 0.6 is 0 Å². The minimum Gasteiger partial charge on any atom is -0.463 e. The molecule has 10 heteroatoms. The molecule has 1 aromatic carbocycles. The Morgan fingerprint density at radius 1 is 0.952 bits per heavy atom. The third-order valence-corrected chi connectivity index (χ3v) is 4.41. The van der Waals surface area contributed by atoms with Crippen LogP contribution in [0.15, 0.2) is 73.9 Å². The maximum Gasteiger partial charge on any atom is 0.336 e. The fraction of sp³-hybridized carbons (Fsp3) is 0.406. The Balaban J connectivity index is 0. The van der Waals surface area contributed by atoms with E-state index in [1.807, 2.05) is 43.3 Å². The maximum absolute atomic E-state index is 11.0. The van der Waals surface area contributed by atoms with Crippen LogP contribution in [0.1, 0.15) is 59.4 Å². The zero-order chi connectivity index (χ0) is 32.5. The van der Waals surface area contributed by atoms with Crippen LogP contribution in [0, 0.1) is 0 Å². The first kappa shape index (κ1) is 39.8. The van der Waals surface area contributed by atoms with E-state index >= 15 is 0 Å². The van der Waals surface area contributed by atoms with Crippen molar-refractivity contribution in [1.29, 1.82) is 0 Å². The molecule has 0 saturated carbocycles. The monoisotopic (exact) mass is 588 g/mol. The number of ether oxygens (including phenoxy) is 5. The van der Waals surface area contributed by atoms with Crippen LogP contribution in [-0.4, -0.2) is 61.9 Å². The number of epoxide rings is 1. The number of rotatable bonds is 13. The van der Waals surface area contributed by atoms with Crippen molar-refractivity contribution in [3.8, 4) is 0 Å². The first-order valence-corrected chi connectivity index (χ1v) is 13.2. The Labute approximate surface area is 249 Å². The van der Waals surface area contributed by atoms with Crippen LogP contribution in [0.4, 0.5) is 0 Å². The van der Waals surface area contributed by atoms with Gasteiger partial charge in [-0.1, -0.05) is 76.1 Å². The Kier molecular flexibility index (Phi) is 23.2. The van der Waals surface area contributed by atoms with Gasteiger partial charge in [0.05, 0.1) is 13.2 Å². The summed E-state index contributed by atoms with van der Waals surface area (Å²) in [5.74, 6) is -2.33. The second-order valence-corrected chi connectivity index (χ2v) is 8.80. The van der Waals surface area contributed by atoms with Gasteiger partial charge in [-0.25, -0.2) is 14.4 Å². The van der Waals surface area contributed by atoms with E-state index in [1.165, 1.54) is 32.4 Å². The maximum atomic E-state index is 11.0. The largest absolute Gasteiger partial charge is 0.463 e. The number of ketones is 1. The summed E-state index contributed by atoms with van der Waals surface area (Å²) in [6, 6.07) is 10.0. The zero-order valence-corrected chi connectivity index (χ0v) is 25.3. The van der Waals surface area contributed by atoms with Crippen molar-refractivity contribution < 1.29 is 47.7 Å². The molecule has 2 rings (SSSR count). The van der Waals surface area contributed by atoms with Crippen LogP contribution in [0.2, 0.25) is 0 Å². The summed E-state index contributed by atoms with van der Waals surface area (Å²) in [6.45, 7) is 23.1. The fourth-order valence-corrected chi connectivity index (χ4v) is 2.13. The standard InChI is InChI=1S/C10H14O5.C8H8.C7H10O3.C7H12O2/c1-6(2)10(13)15-8(4)14-9(12)5-7(3)11;1-2-8-6-4-3-5-7-8;1-5(2)7(8)10-4-6-3-9-6;1-3-5-6-9-7(8)4-2/h8H,1,5H2,2-4H3;2-7H,1H2;6H,1,3-4H2,2H3;4H,2-3,5-6H2,1H3. The van der Waals surface area contributed by atoms with Crippen LogP contribution < -0.4 is 0 Å². The zero-order valence-electron chi connectivity index (χ0n) is 25.3. The van der Waals surface area contributed by atoms with Gasteiger partial charge in [-0.3, -0.25) is 9.59 Å². The quantitative estimate of drug-likeness (QED) is 0.0566. The molecule has 1 saturated heterocycles. The molecule has 0 radical (unpaired) electrons. The average Bonchev–Trinajstić information content (AvgIpc) is 3.77. The summed E-state index contributed by atoms with van der Waals surface area (Å²) >= 11 is 0. The van der Waals surface area contributed by atoms with Crippen molar-refractivity contribution in [1.82, 2.24) is 0 Å². The lowest BCUT2D eigenvalue weighted by atomic mass is 10.2. The minimum absolute atomic E-state index is 0.142. The van der Waals surface area contributed by atoms with Crippen molar-refractivity contribution in [3.63, 3.8) is 0 Å². The summed E-state index contributed by atoms with van der Waals surface area (Å²) in [4.78, 5) is 53.5. The molecule has 0 bridgehead atoms. The van der Waals surface area contributed by atoms with E-state index in [-0.39, 0.29) is 35.8 Å². The number of Topliss-reactive ketones (excluding diaryl/α,β-unsaturated/α-hetero) is 1. The summed E-state index contributed by atoms with van der Waals surface area (Å²) in [5.41, 5.74) is 1.82. The van der Waals surface area contributed by atoms with E-state index in [0.717, 1.165) is 12.8 Å². The highest BCUT2D eigenvalue weighted by atomic mass is 16.7. The summed E-state index contributed by atoms with van der Waals surface area (Å²) in [7, 11) is 0. The molecule has 42 heavy (non-hydrogen) atoms.